The molecule has 138 valence electrons. The average Bonchev–Trinajstić information content (AvgIpc) is 2.99. The molecule has 0 spiro atoms. The number of nitrogens with one attached hydrogen (secondary N) is 2. The van der Waals surface area contributed by atoms with Gasteiger partial charge in [0.05, 0.1) is 5.69 Å². The summed E-state index contributed by atoms with van der Waals surface area (Å²) in [5, 5.41) is 10.0. The van der Waals surface area contributed by atoms with Gasteiger partial charge in [-0.3, -0.25) is 14.8 Å². The molecule has 0 aliphatic carbocycles. The SMILES string of the molecule is Cc1cc(C(=O)NC(=S)Nc2cccc(OCc3ccccc3)c2)n(C)n1. The second-order valence-corrected chi connectivity index (χ2v) is 6.41. The van der Waals surface area contributed by atoms with E-state index < -0.39 is 0 Å². The fourth-order valence-corrected chi connectivity index (χ4v) is 2.77. The Hall–Kier alpha value is -3.19. The van der Waals surface area contributed by atoms with Crippen LogP contribution in [0.3, 0.4) is 0 Å². The lowest BCUT2D eigenvalue weighted by Gasteiger charge is -2.11. The standard InChI is InChI=1S/C20H20N4O2S/c1-14-11-18(24(2)23-14)19(25)22-20(27)21-16-9-6-10-17(12-16)26-13-15-7-4-3-5-8-15/h3-12H,13H2,1-2H3,(H2,21,22,25,27). The van der Waals surface area contributed by atoms with Crippen molar-refractivity contribution in [2.75, 3.05) is 5.32 Å². The number of aromatic nitrogens is 2. The second kappa shape index (κ2) is 8.46. The van der Waals surface area contributed by atoms with Crippen LogP contribution in [0.15, 0.2) is 60.7 Å². The first-order valence-corrected chi connectivity index (χ1v) is 8.82. The van der Waals surface area contributed by atoms with Crippen molar-refractivity contribution in [2.24, 2.45) is 7.05 Å². The zero-order chi connectivity index (χ0) is 19.2. The van der Waals surface area contributed by atoms with E-state index in [1.807, 2.05) is 61.5 Å². The first kappa shape index (κ1) is 18.6. The van der Waals surface area contributed by atoms with Gasteiger partial charge in [0.15, 0.2) is 5.11 Å². The Labute approximate surface area is 163 Å². The summed E-state index contributed by atoms with van der Waals surface area (Å²) in [6, 6.07) is 19.0. The summed E-state index contributed by atoms with van der Waals surface area (Å²) < 4.78 is 7.32. The van der Waals surface area contributed by atoms with Crippen molar-refractivity contribution in [2.45, 2.75) is 13.5 Å². The van der Waals surface area contributed by atoms with Crippen LogP contribution in [0.4, 0.5) is 5.69 Å². The average molecular weight is 380 g/mol. The third kappa shape index (κ3) is 5.15. The van der Waals surface area contributed by atoms with E-state index in [9.17, 15) is 4.79 Å². The first-order valence-electron chi connectivity index (χ1n) is 8.41. The maximum Gasteiger partial charge on any atom is 0.275 e. The lowest BCUT2D eigenvalue weighted by Crippen LogP contribution is -2.35. The summed E-state index contributed by atoms with van der Waals surface area (Å²) in [7, 11) is 1.71. The molecule has 0 atom stereocenters. The molecule has 0 radical (unpaired) electrons. The molecule has 0 saturated heterocycles. The van der Waals surface area contributed by atoms with Crippen LogP contribution in [0.2, 0.25) is 0 Å². The Bertz CT molecular complexity index is 954. The Morgan fingerprint density at radius 2 is 1.93 bits per heavy atom. The van der Waals surface area contributed by atoms with E-state index in [2.05, 4.69) is 15.7 Å². The molecule has 2 N–H and O–H groups in total. The van der Waals surface area contributed by atoms with Crippen LogP contribution in [0.5, 0.6) is 5.75 Å². The molecule has 3 rings (SSSR count). The van der Waals surface area contributed by atoms with E-state index in [-0.39, 0.29) is 11.0 Å². The molecule has 1 heterocycles. The minimum Gasteiger partial charge on any atom is -0.489 e. The summed E-state index contributed by atoms with van der Waals surface area (Å²) in [4.78, 5) is 12.3. The summed E-state index contributed by atoms with van der Waals surface area (Å²) in [6.07, 6.45) is 0. The number of anilines is 1. The van der Waals surface area contributed by atoms with Crippen molar-refractivity contribution in [1.82, 2.24) is 15.1 Å². The van der Waals surface area contributed by atoms with Gasteiger partial charge in [-0.15, -0.1) is 0 Å². The molecule has 6 nitrogen and oxygen atoms in total. The maximum atomic E-state index is 12.3. The van der Waals surface area contributed by atoms with Gasteiger partial charge in [-0.05, 0) is 42.9 Å². The highest BCUT2D eigenvalue weighted by atomic mass is 32.1. The van der Waals surface area contributed by atoms with Crippen molar-refractivity contribution in [3.05, 3.63) is 77.6 Å². The molecule has 0 aliphatic rings. The maximum absolute atomic E-state index is 12.3. The highest BCUT2D eigenvalue weighted by Crippen LogP contribution is 2.18. The summed E-state index contributed by atoms with van der Waals surface area (Å²) in [6.45, 7) is 2.31. The van der Waals surface area contributed by atoms with Gasteiger partial charge in [-0.2, -0.15) is 5.10 Å². The number of thiocarbonyl (C=S) groups is 1. The number of benzene rings is 2. The van der Waals surface area contributed by atoms with Crippen molar-refractivity contribution in [3.63, 3.8) is 0 Å². The van der Waals surface area contributed by atoms with E-state index in [0.717, 1.165) is 16.9 Å². The van der Waals surface area contributed by atoms with Crippen LogP contribution < -0.4 is 15.4 Å². The molecular formula is C20H20N4O2S. The van der Waals surface area contributed by atoms with E-state index >= 15 is 0 Å². The molecule has 27 heavy (non-hydrogen) atoms. The summed E-state index contributed by atoms with van der Waals surface area (Å²) in [5.74, 6) is 0.396. The van der Waals surface area contributed by atoms with Crippen LogP contribution in [0.25, 0.3) is 0 Å². The molecule has 1 amide bonds. The molecule has 3 aromatic rings. The Kier molecular flexibility index (Phi) is 5.83. The van der Waals surface area contributed by atoms with Crippen LogP contribution in [0.1, 0.15) is 21.7 Å². The van der Waals surface area contributed by atoms with Crippen molar-refractivity contribution >= 4 is 28.9 Å². The minimum atomic E-state index is -0.313. The molecule has 7 heteroatoms. The second-order valence-electron chi connectivity index (χ2n) is 6.00. The van der Waals surface area contributed by atoms with Gasteiger partial charge in [-0.25, -0.2) is 0 Å². The van der Waals surface area contributed by atoms with Crippen molar-refractivity contribution < 1.29 is 9.53 Å². The number of rotatable bonds is 5. The third-order valence-corrected chi connectivity index (χ3v) is 4.01. The van der Waals surface area contributed by atoms with E-state index in [0.29, 0.717) is 18.1 Å². The van der Waals surface area contributed by atoms with Gasteiger partial charge in [0.1, 0.15) is 18.1 Å². The lowest BCUT2D eigenvalue weighted by molar-refractivity contribution is 0.0968. The van der Waals surface area contributed by atoms with Crippen molar-refractivity contribution in [1.29, 1.82) is 0 Å². The number of hydrogen-bond acceptors (Lipinski definition) is 4. The fourth-order valence-electron chi connectivity index (χ4n) is 2.56. The number of aryl methyl sites for hydroxylation is 2. The number of nitrogens with zero attached hydrogens (tertiary/aromatic N) is 2. The van der Waals surface area contributed by atoms with Crippen molar-refractivity contribution in [3.8, 4) is 5.75 Å². The predicted octanol–water partition coefficient (Wildman–Crippen LogP) is 3.43. The number of carbonyl (C=O) groups excluding carboxylic acids is 1. The number of hydrogen-bond donors (Lipinski definition) is 2. The van der Waals surface area contributed by atoms with E-state index in [4.69, 9.17) is 17.0 Å². The Balaban J connectivity index is 1.58. The quantitative estimate of drug-likeness (QED) is 0.664. The highest BCUT2D eigenvalue weighted by molar-refractivity contribution is 7.80. The van der Waals surface area contributed by atoms with Gasteiger partial charge in [0.25, 0.3) is 5.91 Å². The molecule has 0 fully saturated rings. The smallest absolute Gasteiger partial charge is 0.275 e. The molecule has 2 aromatic carbocycles. The number of amides is 1. The molecule has 0 aliphatic heterocycles. The molecule has 0 unspecified atom stereocenters. The fraction of sp³-hybridized carbons (Fsp3) is 0.150. The molecular weight excluding hydrogens is 360 g/mol. The zero-order valence-corrected chi connectivity index (χ0v) is 15.9. The Morgan fingerprint density at radius 1 is 1.15 bits per heavy atom. The largest absolute Gasteiger partial charge is 0.489 e. The molecule has 0 saturated carbocycles. The van der Waals surface area contributed by atoms with Crippen LogP contribution in [-0.4, -0.2) is 20.8 Å². The predicted molar refractivity (Wildman–Crippen MR) is 109 cm³/mol. The topological polar surface area (TPSA) is 68.2 Å². The van der Waals surface area contributed by atoms with Gasteiger partial charge in [0, 0.05) is 18.8 Å². The van der Waals surface area contributed by atoms with Crippen LogP contribution in [-0.2, 0) is 13.7 Å². The Morgan fingerprint density at radius 3 is 2.63 bits per heavy atom. The number of ether oxygens (including phenoxy) is 1. The van der Waals surface area contributed by atoms with E-state index in [1.54, 1.807) is 13.1 Å². The van der Waals surface area contributed by atoms with E-state index in [1.165, 1.54) is 4.68 Å². The monoisotopic (exact) mass is 380 g/mol. The molecule has 1 aromatic heterocycles. The van der Waals surface area contributed by atoms with Crippen LogP contribution >= 0.6 is 12.2 Å². The van der Waals surface area contributed by atoms with Gasteiger partial charge in [-0.1, -0.05) is 36.4 Å². The third-order valence-electron chi connectivity index (χ3n) is 3.80. The van der Waals surface area contributed by atoms with Gasteiger partial charge in [0.2, 0.25) is 0 Å². The first-order chi connectivity index (χ1) is 13.0. The minimum absolute atomic E-state index is 0.207. The van der Waals surface area contributed by atoms with Gasteiger partial charge < -0.3 is 10.1 Å². The highest BCUT2D eigenvalue weighted by Gasteiger charge is 2.13. The normalized spacial score (nSPS) is 10.3. The summed E-state index contributed by atoms with van der Waals surface area (Å²) >= 11 is 5.23. The van der Waals surface area contributed by atoms with Gasteiger partial charge >= 0.3 is 0 Å². The zero-order valence-electron chi connectivity index (χ0n) is 15.1. The van der Waals surface area contributed by atoms with Crippen LogP contribution in [0, 0.1) is 6.92 Å². The molecule has 0 bridgehead atoms. The summed E-state index contributed by atoms with van der Waals surface area (Å²) in [5.41, 5.74) is 3.03. The lowest BCUT2D eigenvalue weighted by atomic mass is 10.2. The number of carbonyl (C=O) groups is 1.